The first kappa shape index (κ1) is 25.5. The molecule has 0 atom stereocenters. The number of anilines is 1. The number of H-pyrrole nitrogens is 1. The molecule has 0 aliphatic carbocycles. The van der Waals surface area contributed by atoms with Crippen molar-refractivity contribution in [3.8, 4) is 22.4 Å². The van der Waals surface area contributed by atoms with E-state index in [0.717, 1.165) is 22.6 Å². The number of primary amides is 1. The summed E-state index contributed by atoms with van der Waals surface area (Å²) in [5, 5.41) is 14.8. The van der Waals surface area contributed by atoms with Crippen LogP contribution < -0.4 is 11.1 Å². The molecule has 0 aliphatic heterocycles. The first-order valence-corrected chi connectivity index (χ1v) is 12.6. The fraction of sp³-hybridized carbons (Fsp3) is 0.160. The maximum Gasteiger partial charge on any atom is 0.280 e. The van der Waals surface area contributed by atoms with E-state index in [1.165, 1.54) is 6.07 Å². The Morgan fingerprint density at radius 1 is 1.21 bits per heavy atom. The normalized spacial score (nSPS) is 11.4. The number of alkyl halides is 2. The third kappa shape index (κ3) is 4.52. The zero-order valence-electron chi connectivity index (χ0n) is 20.1. The molecule has 2 amide bonds. The quantitative estimate of drug-likeness (QED) is 0.233. The predicted octanol–water partition coefficient (Wildman–Crippen LogP) is 5.82. The molecule has 0 unspecified atom stereocenters. The number of thiophene rings is 1. The molecular formula is C25H20ClF2N7O2S. The van der Waals surface area contributed by atoms with Crippen LogP contribution in [-0.4, -0.2) is 36.8 Å². The number of benzene rings is 1. The number of hydrogen-bond acceptors (Lipinski definition) is 6. The molecule has 13 heteroatoms. The largest absolute Gasteiger partial charge is 0.365 e. The molecular weight excluding hydrogens is 536 g/mol. The van der Waals surface area contributed by atoms with Crippen LogP contribution in [0.1, 0.15) is 44.9 Å². The van der Waals surface area contributed by atoms with Gasteiger partial charge in [-0.05, 0) is 43.7 Å². The topological polar surface area (TPSA) is 132 Å². The number of nitrogens with one attached hydrogen (secondary N) is 2. The number of pyridine rings is 1. The van der Waals surface area contributed by atoms with Crippen LogP contribution in [0.4, 0.5) is 14.5 Å². The monoisotopic (exact) mass is 555 g/mol. The summed E-state index contributed by atoms with van der Waals surface area (Å²) in [6, 6.07) is 9.71. The molecule has 0 radical (unpaired) electrons. The number of aryl methyl sites for hydroxylation is 1. The zero-order chi connectivity index (χ0) is 27.1. The highest BCUT2D eigenvalue weighted by atomic mass is 35.5. The lowest BCUT2D eigenvalue weighted by Crippen LogP contribution is -2.17. The Hall–Kier alpha value is -4.16. The first-order chi connectivity index (χ1) is 18.2. The van der Waals surface area contributed by atoms with Crippen molar-refractivity contribution in [1.82, 2.24) is 25.0 Å². The van der Waals surface area contributed by atoms with Crippen molar-refractivity contribution in [3.63, 3.8) is 0 Å². The number of halogens is 3. The van der Waals surface area contributed by atoms with Crippen LogP contribution >= 0.6 is 22.9 Å². The molecule has 5 rings (SSSR count). The van der Waals surface area contributed by atoms with E-state index < -0.39 is 23.9 Å². The van der Waals surface area contributed by atoms with Crippen LogP contribution in [0.25, 0.3) is 32.6 Å². The first-order valence-electron chi connectivity index (χ1n) is 11.4. The summed E-state index contributed by atoms with van der Waals surface area (Å²) in [4.78, 5) is 29.8. The van der Waals surface area contributed by atoms with Crippen LogP contribution in [0.15, 0.2) is 42.6 Å². The maximum absolute atomic E-state index is 13.8. The molecule has 0 saturated heterocycles. The van der Waals surface area contributed by atoms with Gasteiger partial charge >= 0.3 is 0 Å². The molecule has 9 nitrogen and oxygen atoms in total. The van der Waals surface area contributed by atoms with E-state index in [-0.39, 0.29) is 21.1 Å². The number of nitrogens with two attached hydrogens (primary N) is 1. The summed E-state index contributed by atoms with van der Waals surface area (Å²) in [6.45, 7) is 4.28. The van der Waals surface area contributed by atoms with Crippen molar-refractivity contribution in [3.05, 3.63) is 69.6 Å². The summed E-state index contributed by atoms with van der Waals surface area (Å²) >= 11 is 6.78. The number of carbonyl (C=O) groups is 2. The van der Waals surface area contributed by atoms with Gasteiger partial charge in [0.2, 0.25) is 0 Å². The lowest BCUT2D eigenvalue weighted by molar-refractivity contribution is 0.100. The third-order valence-electron chi connectivity index (χ3n) is 6.02. The van der Waals surface area contributed by atoms with Crippen molar-refractivity contribution < 1.29 is 18.4 Å². The predicted molar refractivity (Wildman–Crippen MR) is 142 cm³/mol. The highest BCUT2D eigenvalue weighted by Crippen LogP contribution is 2.43. The molecule has 4 N–H and O–H groups in total. The van der Waals surface area contributed by atoms with E-state index >= 15 is 0 Å². The molecule has 38 heavy (non-hydrogen) atoms. The number of fused-ring (bicyclic) bond motifs is 1. The minimum atomic E-state index is -2.85. The Kier molecular flexibility index (Phi) is 6.67. The molecule has 4 aromatic heterocycles. The molecule has 1 aromatic carbocycles. The maximum atomic E-state index is 13.8. The Morgan fingerprint density at radius 3 is 2.58 bits per heavy atom. The van der Waals surface area contributed by atoms with Gasteiger partial charge in [0.15, 0.2) is 0 Å². The Morgan fingerprint density at radius 2 is 1.95 bits per heavy atom. The summed E-state index contributed by atoms with van der Waals surface area (Å²) < 4.78 is 29.2. The van der Waals surface area contributed by atoms with Crippen molar-refractivity contribution >= 4 is 50.7 Å². The Balaban J connectivity index is 1.63. The minimum absolute atomic E-state index is 0.0218. The fourth-order valence-electron chi connectivity index (χ4n) is 4.15. The van der Waals surface area contributed by atoms with Crippen molar-refractivity contribution in [2.45, 2.75) is 26.8 Å². The molecule has 0 aliphatic rings. The fourth-order valence-corrected chi connectivity index (χ4v) is 5.29. The smallest absolute Gasteiger partial charge is 0.280 e. The summed E-state index contributed by atoms with van der Waals surface area (Å²) in [5.41, 5.74) is 8.24. The van der Waals surface area contributed by atoms with Gasteiger partial charge in [0, 0.05) is 33.8 Å². The molecule has 5 aromatic rings. The van der Waals surface area contributed by atoms with Crippen molar-refractivity contribution in [2.75, 3.05) is 5.32 Å². The highest BCUT2D eigenvalue weighted by Gasteiger charge is 2.27. The average Bonchev–Trinajstić information content (AvgIpc) is 3.61. The molecule has 4 heterocycles. The van der Waals surface area contributed by atoms with Crippen LogP contribution in [0.2, 0.25) is 5.02 Å². The van der Waals surface area contributed by atoms with E-state index in [0.29, 0.717) is 33.8 Å². The molecule has 0 spiro atoms. The standard InChI is InChI=1S/C25H20ClF2N7O2S/c1-3-35-11(2)15(10-30-35)14-8-17(22(27)28)31-25-19(14)20(21(38-25)23(29)36)32-24(37)18-9-16(33-34-18)12-4-6-13(26)7-5-12/h4-10,22H,3H2,1-2H3,(H2,29,36)(H,32,37)(H,33,34). The number of carbonyl (C=O) groups excluding carboxylic acids is 2. The van der Waals surface area contributed by atoms with Gasteiger partial charge in [0.1, 0.15) is 21.1 Å². The molecule has 194 valence electrons. The van der Waals surface area contributed by atoms with Gasteiger partial charge in [-0.3, -0.25) is 19.4 Å². The van der Waals surface area contributed by atoms with Gasteiger partial charge in [0.25, 0.3) is 18.2 Å². The second-order valence-electron chi connectivity index (χ2n) is 8.33. The number of aromatic nitrogens is 5. The second-order valence-corrected chi connectivity index (χ2v) is 9.77. The van der Waals surface area contributed by atoms with Crippen LogP contribution in [0, 0.1) is 6.92 Å². The van der Waals surface area contributed by atoms with Gasteiger partial charge in [-0.1, -0.05) is 23.7 Å². The number of hydrogen-bond donors (Lipinski definition) is 3. The van der Waals surface area contributed by atoms with E-state index in [9.17, 15) is 18.4 Å². The van der Waals surface area contributed by atoms with Crippen molar-refractivity contribution in [2.24, 2.45) is 5.73 Å². The van der Waals surface area contributed by atoms with Crippen LogP contribution in [0.3, 0.4) is 0 Å². The van der Waals surface area contributed by atoms with Crippen LogP contribution in [-0.2, 0) is 6.54 Å². The van der Waals surface area contributed by atoms with Gasteiger partial charge in [-0.15, -0.1) is 11.3 Å². The zero-order valence-corrected chi connectivity index (χ0v) is 21.6. The van der Waals surface area contributed by atoms with Gasteiger partial charge in [-0.2, -0.15) is 10.2 Å². The molecule has 0 saturated carbocycles. The summed E-state index contributed by atoms with van der Waals surface area (Å²) in [5.74, 6) is -1.44. The Bertz CT molecular complexity index is 1690. The Labute approximate surface area is 223 Å². The van der Waals surface area contributed by atoms with Gasteiger partial charge < -0.3 is 11.1 Å². The summed E-state index contributed by atoms with van der Waals surface area (Å²) in [6.07, 6.45) is -1.29. The van der Waals surface area contributed by atoms with Gasteiger partial charge in [-0.25, -0.2) is 13.8 Å². The van der Waals surface area contributed by atoms with Crippen LogP contribution in [0.5, 0.6) is 0 Å². The SMILES string of the molecule is CCn1ncc(-c2cc(C(F)F)nc3sc(C(N)=O)c(NC(=O)c4cc(-c5ccc(Cl)cc5)n[nH]4)c23)c1C. The third-order valence-corrected chi connectivity index (χ3v) is 7.37. The molecule has 0 bridgehead atoms. The minimum Gasteiger partial charge on any atom is -0.365 e. The lowest BCUT2D eigenvalue weighted by atomic mass is 10.0. The van der Waals surface area contributed by atoms with Gasteiger partial charge in [0.05, 0.1) is 17.6 Å². The number of amides is 2. The number of aromatic amines is 1. The average molecular weight is 556 g/mol. The number of nitrogens with zero attached hydrogens (tertiary/aromatic N) is 4. The molecule has 0 fully saturated rings. The van der Waals surface area contributed by atoms with Crippen molar-refractivity contribution in [1.29, 1.82) is 0 Å². The van der Waals surface area contributed by atoms with E-state index in [2.05, 4.69) is 25.6 Å². The summed E-state index contributed by atoms with van der Waals surface area (Å²) in [7, 11) is 0. The van der Waals surface area contributed by atoms with E-state index in [1.807, 2.05) is 13.8 Å². The highest BCUT2D eigenvalue weighted by molar-refractivity contribution is 7.21. The van der Waals surface area contributed by atoms with E-state index in [4.69, 9.17) is 17.3 Å². The van der Waals surface area contributed by atoms with E-state index in [1.54, 1.807) is 41.2 Å². The lowest BCUT2D eigenvalue weighted by Gasteiger charge is -2.10. The second kappa shape index (κ2) is 9.95. The number of rotatable bonds is 7.